The van der Waals surface area contributed by atoms with Crippen molar-refractivity contribution < 1.29 is 0 Å². The summed E-state index contributed by atoms with van der Waals surface area (Å²) in [4.78, 5) is 6.10. The van der Waals surface area contributed by atoms with E-state index in [0.717, 1.165) is 10.8 Å². The minimum Gasteiger partial charge on any atom is -0.321 e. The van der Waals surface area contributed by atoms with Gasteiger partial charge in [-0.05, 0) is 24.3 Å². The molecule has 1 aromatic heterocycles. The molecule has 0 aliphatic heterocycles. The largest absolute Gasteiger partial charge is 0.321 e. The van der Waals surface area contributed by atoms with Crippen LogP contribution in [0.2, 0.25) is 5.15 Å². The van der Waals surface area contributed by atoms with Crippen molar-refractivity contribution in [3.8, 4) is 6.07 Å². The molecule has 0 bridgehead atoms. The molecule has 0 aliphatic rings. The third-order valence-corrected chi connectivity index (χ3v) is 3.37. The first-order chi connectivity index (χ1) is 7.70. The van der Waals surface area contributed by atoms with E-state index in [9.17, 15) is 0 Å². The Morgan fingerprint density at radius 2 is 2.06 bits per heavy atom. The van der Waals surface area contributed by atoms with Crippen LogP contribution < -0.4 is 4.90 Å². The summed E-state index contributed by atoms with van der Waals surface area (Å²) < 4.78 is 0. The van der Waals surface area contributed by atoms with Crippen molar-refractivity contribution in [1.82, 2.24) is 4.98 Å². The van der Waals surface area contributed by atoms with E-state index >= 15 is 0 Å². The summed E-state index contributed by atoms with van der Waals surface area (Å²) in [6.07, 6.45) is 0. The van der Waals surface area contributed by atoms with Gasteiger partial charge in [0, 0.05) is 18.1 Å². The van der Waals surface area contributed by atoms with Crippen LogP contribution in [0.3, 0.4) is 0 Å². The molecule has 0 atom stereocenters. The highest BCUT2D eigenvalue weighted by molar-refractivity contribution is 7.14. The summed E-state index contributed by atoms with van der Waals surface area (Å²) >= 11 is 7.25. The Labute approximate surface area is 103 Å². The lowest BCUT2D eigenvalue weighted by Crippen LogP contribution is -2.08. The molecule has 0 amide bonds. The van der Waals surface area contributed by atoms with E-state index < -0.39 is 0 Å². The number of hydrogen-bond acceptors (Lipinski definition) is 4. The van der Waals surface area contributed by atoms with E-state index in [-0.39, 0.29) is 0 Å². The maximum Gasteiger partial charge on any atom is 0.191 e. The summed E-state index contributed by atoms with van der Waals surface area (Å²) in [6.45, 7) is 0. The Morgan fingerprint density at radius 3 is 2.56 bits per heavy atom. The van der Waals surface area contributed by atoms with Crippen molar-refractivity contribution in [2.75, 3.05) is 11.9 Å². The lowest BCUT2D eigenvalue weighted by atomic mass is 10.2. The quantitative estimate of drug-likeness (QED) is 0.819. The molecule has 0 unspecified atom stereocenters. The summed E-state index contributed by atoms with van der Waals surface area (Å²) in [6, 6.07) is 9.41. The van der Waals surface area contributed by atoms with E-state index in [1.165, 1.54) is 11.3 Å². The number of thiazole rings is 1. The summed E-state index contributed by atoms with van der Waals surface area (Å²) in [5.41, 5.74) is 1.62. The molecule has 1 aromatic carbocycles. The zero-order valence-electron chi connectivity index (χ0n) is 8.51. The van der Waals surface area contributed by atoms with Gasteiger partial charge in [-0.1, -0.05) is 11.6 Å². The molecule has 0 aliphatic carbocycles. The average molecular weight is 250 g/mol. The Hall–Kier alpha value is -1.57. The Balaban J connectivity index is 2.27. The van der Waals surface area contributed by atoms with Crippen LogP contribution in [0.5, 0.6) is 0 Å². The Bertz CT molecular complexity index is 527. The molecule has 2 aromatic rings. The van der Waals surface area contributed by atoms with Gasteiger partial charge in [-0.2, -0.15) is 5.26 Å². The SMILES string of the molecule is CN(c1ccc(C#N)cc1)c1nc(Cl)cs1. The minimum atomic E-state index is 0.500. The third-order valence-electron chi connectivity index (χ3n) is 2.13. The van der Waals surface area contributed by atoms with Crippen molar-refractivity contribution in [3.63, 3.8) is 0 Å². The highest BCUT2D eigenvalue weighted by atomic mass is 35.5. The number of aromatic nitrogens is 1. The van der Waals surface area contributed by atoms with Crippen LogP contribution in [0.25, 0.3) is 0 Å². The maximum atomic E-state index is 8.70. The first kappa shape index (κ1) is 10.9. The van der Waals surface area contributed by atoms with E-state index in [0.29, 0.717) is 10.7 Å². The molecule has 0 fully saturated rings. The third kappa shape index (κ3) is 2.16. The number of rotatable bonds is 2. The molecule has 0 radical (unpaired) electrons. The topological polar surface area (TPSA) is 39.9 Å². The van der Waals surface area contributed by atoms with Crippen LogP contribution >= 0.6 is 22.9 Å². The van der Waals surface area contributed by atoms with Crippen LogP contribution in [0, 0.1) is 11.3 Å². The van der Waals surface area contributed by atoms with E-state index in [4.69, 9.17) is 16.9 Å². The van der Waals surface area contributed by atoms with Gasteiger partial charge in [-0.3, -0.25) is 0 Å². The van der Waals surface area contributed by atoms with Crippen molar-refractivity contribution >= 4 is 33.8 Å². The number of halogens is 1. The molecule has 80 valence electrons. The van der Waals surface area contributed by atoms with Crippen molar-refractivity contribution in [2.24, 2.45) is 0 Å². The fourth-order valence-corrected chi connectivity index (χ4v) is 2.20. The van der Waals surface area contributed by atoms with Gasteiger partial charge >= 0.3 is 0 Å². The van der Waals surface area contributed by atoms with Crippen LogP contribution in [-0.2, 0) is 0 Å². The number of nitrogens with zero attached hydrogens (tertiary/aromatic N) is 3. The van der Waals surface area contributed by atoms with Gasteiger partial charge in [0.25, 0.3) is 0 Å². The Morgan fingerprint density at radius 1 is 1.38 bits per heavy atom. The van der Waals surface area contributed by atoms with Gasteiger partial charge in [0.1, 0.15) is 5.15 Å². The molecular formula is C11H8ClN3S. The predicted octanol–water partition coefficient (Wildman–Crippen LogP) is 3.44. The summed E-state index contributed by atoms with van der Waals surface area (Å²) in [7, 11) is 1.91. The standard InChI is InChI=1S/C11H8ClN3S/c1-15(11-14-10(12)7-16-11)9-4-2-8(6-13)3-5-9/h2-5,7H,1H3. The molecule has 3 nitrogen and oxygen atoms in total. The highest BCUT2D eigenvalue weighted by Crippen LogP contribution is 2.28. The van der Waals surface area contributed by atoms with Gasteiger partial charge in [0.2, 0.25) is 0 Å². The van der Waals surface area contributed by atoms with Gasteiger partial charge < -0.3 is 4.90 Å². The second-order valence-corrected chi connectivity index (χ2v) is 4.39. The first-order valence-corrected chi connectivity index (χ1v) is 5.81. The lowest BCUT2D eigenvalue weighted by molar-refractivity contribution is 1.17. The number of nitriles is 1. The molecule has 1 heterocycles. The highest BCUT2D eigenvalue weighted by Gasteiger charge is 2.07. The summed E-state index contributed by atoms with van der Waals surface area (Å²) in [5, 5.41) is 11.8. The van der Waals surface area contributed by atoms with Gasteiger partial charge in [-0.25, -0.2) is 4.98 Å². The minimum absolute atomic E-state index is 0.500. The van der Waals surface area contributed by atoms with E-state index in [1.54, 1.807) is 17.5 Å². The van der Waals surface area contributed by atoms with Gasteiger partial charge in [0.15, 0.2) is 5.13 Å². The molecule has 2 rings (SSSR count). The second kappa shape index (κ2) is 4.52. The first-order valence-electron chi connectivity index (χ1n) is 4.55. The Kier molecular flexibility index (Phi) is 3.09. The number of hydrogen-bond donors (Lipinski definition) is 0. The van der Waals surface area contributed by atoms with Gasteiger partial charge in [0.05, 0.1) is 11.6 Å². The van der Waals surface area contributed by atoms with E-state index in [2.05, 4.69) is 11.1 Å². The predicted molar refractivity (Wildman–Crippen MR) is 66.3 cm³/mol. The molecule has 0 N–H and O–H groups in total. The van der Waals surface area contributed by atoms with Crippen molar-refractivity contribution in [3.05, 3.63) is 40.4 Å². The lowest BCUT2D eigenvalue weighted by Gasteiger charge is -2.15. The summed E-state index contributed by atoms with van der Waals surface area (Å²) in [5.74, 6) is 0. The fourth-order valence-electron chi connectivity index (χ4n) is 1.27. The van der Waals surface area contributed by atoms with Crippen LogP contribution in [0.1, 0.15) is 5.56 Å². The zero-order valence-corrected chi connectivity index (χ0v) is 10.1. The van der Waals surface area contributed by atoms with Crippen LogP contribution in [0.15, 0.2) is 29.6 Å². The average Bonchev–Trinajstić information content (AvgIpc) is 2.75. The molecule has 0 spiro atoms. The molecular weight excluding hydrogens is 242 g/mol. The monoisotopic (exact) mass is 249 g/mol. The molecule has 5 heteroatoms. The van der Waals surface area contributed by atoms with E-state index in [1.807, 2.05) is 24.1 Å². The van der Waals surface area contributed by atoms with Gasteiger partial charge in [-0.15, -0.1) is 11.3 Å². The zero-order chi connectivity index (χ0) is 11.5. The van der Waals surface area contributed by atoms with Crippen molar-refractivity contribution in [2.45, 2.75) is 0 Å². The molecule has 16 heavy (non-hydrogen) atoms. The normalized spacial score (nSPS) is 9.81. The molecule has 0 saturated heterocycles. The second-order valence-electron chi connectivity index (χ2n) is 3.17. The van der Waals surface area contributed by atoms with Crippen LogP contribution in [-0.4, -0.2) is 12.0 Å². The number of benzene rings is 1. The van der Waals surface area contributed by atoms with Crippen LogP contribution in [0.4, 0.5) is 10.8 Å². The number of anilines is 2. The fraction of sp³-hybridized carbons (Fsp3) is 0.0909. The molecule has 0 saturated carbocycles. The van der Waals surface area contributed by atoms with Crippen molar-refractivity contribution in [1.29, 1.82) is 5.26 Å². The smallest absolute Gasteiger partial charge is 0.191 e. The maximum absolute atomic E-state index is 8.70.